The summed E-state index contributed by atoms with van der Waals surface area (Å²) in [5.74, 6) is -0.488. The van der Waals surface area contributed by atoms with Gasteiger partial charge in [0.25, 0.3) is 11.8 Å². The van der Waals surface area contributed by atoms with Gasteiger partial charge in [-0.3, -0.25) is 14.5 Å². The third-order valence-corrected chi connectivity index (χ3v) is 3.39. The summed E-state index contributed by atoms with van der Waals surface area (Å²) >= 11 is 0. The van der Waals surface area contributed by atoms with E-state index in [2.05, 4.69) is 0 Å². The Morgan fingerprint density at radius 3 is 2.00 bits per heavy atom. The maximum atomic E-state index is 12.1. The Kier molecular flexibility index (Phi) is 6.06. The average molecular weight is 306 g/mol. The predicted molar refractivity (Wildman–Crippen MR) is 82.0 cm³/mol. The summed E-state index contributed by atoms with van der Waals surface area (Å²) in [4.78, 5) is 27.5. The number of carbonyl (C=O) groups excluding carboxylic acids is 2. The molecule has 0 aliphatic carbocycles. The number of hydrogen-bond acceptors (Lipinski definition) is 5. The number of benzene rings is 1. The van der Waals surface area contributed by atoms with Gasteiger partial charge in [-0.25, -0.2) is 0 Å². The molecular formula is C16H22N2O4. The molecule has 6 heteroatoms. The van der Waals surface area contributed by atoms with Crippen molar-refractivity contribution in [3.63, 3.8) is 0 Å². The Labute approximate surface area is 130 Å². The lowest BCUT2D eigenvalue weighted by atomic mass is 10.1. The molecule has 1 heterocycles. The maximum absolute atomic E-state index is 12.1. The van der Waals surface area contributed by atoms with Gasteiger partial charge in [0, 0.05) is 6.54 Å². The van der Waals surface area contributed by atoms with Gasteiger partial charge < -0.3 is 14.4 Å². The minimum absolute atomic E-state index is 0.244. The molecule has 0 fully saturated rings. The molecule has 0 saturated carbocycles. The first-order valence-electron chi connectivity index (χ1n) is 7.36. The summed E-state index contributed by atoms with van der Waals surface area (Å²) < 4.78 is 10.8. The fraction of sp³-hybridized carbons (Fsp3) is 0.500. The van der Waals surface area contributed by atoms with E-state index in [9.17, 15) is 9.59 Å². The predicted octanol–water partition coefficient (Wildman–Crippen LogP) is 0.877. The molecule has 2 rings (SSSR count). The summed E-state index contributed by atoms with van der Waals surface area (Å²) in [7, 11) is 3.98. The second kappa shape index (κ2) is 8.03. The highest BCUT2D eigenvalue weighted by atomic mass is 16.5. The lowest BCUT2D eigenvalue weighted by Gasteiger charge is -2.14. The van der Waals surface area contributed by atoms with Gasteiger partial charge in [-0.1, -0.05) is 12.1 Å². The quantitative estimate of drug-likeness (QED) is 0.501. The normalized spacial score (nSPS) is 14.0. The first kappa shape index (κ1) is 16.6. The highest BCUT2D eigenvalue weighted by Crippen LogP contribution is 2.21. The van der Waals surface area contributed by atoms with Crippen LogP contribution in [0, 0.1) is 0 Å². The SMILES string of the molecule is CN(C)CCOCCOCCN1C(=O)c2ccccc2C1=O. The van der Waals surface area contributed by atoms with E-state index in [1.807, 2.05) is 19.0 Å². The van der Waals surface area contributed by atoms with Gasteiger partial charge >= 0.3 is 0 Å². The van der Waals surface area contributed by atoms with Crippen LogP contribution in [0.5, 0.6) is 0 Å². The van der Waals surface area contributed by atoms with Crippen molar-refractivity contribution in [3.05, 3.63) is 35.4 Å². The maximum Gasteiger partial charge on any atom is 0.261 e. The van der Waals surface area contributed by atoms with Crippen LogP contribution in [0.3, 0.4) is 0 Å². The van der Waals surface area contributed by atoms with Crippen LogP contribution in [0.25, 0.3) is 0 Å². The zero-order valence-electron chi connectivity index (χ0n) is 13.1. The first-order chi connectivity index (χ1) is 10.6. The fourth-order valence-corrected chi connectivity index (χ4v) is 2.17. The third-order valence-electron chi connectivity index (χ3n) is 3.39. The lowest BCUT2D eigenvalue weighted by molar-refractivity contribution is 0.0325. The molecule has 1 aliphatic heterocycles. The molecule has 0 radical (unpaired) electrons. The Hall–Kier alpha value is -1.76. The van der Waals surface area contributed by atoms with Gasteiger partial charge in [0.1, 0.15) is 0 Å². The largest absolute Gasteiger partial charge is 0.378 e. The van der Waals surface area contributed by atoms with Gasteiger partial charge in [-0.05, 0) is 26.2 Å². The molecule has 1 aliphatic rings. The molecule has 0 bridgehead atoms. The number of fused-ring (bicyclic) bond motifs is 1. The zero-order chi connectivity index (χ0) is 15.9. The van der Waals surface area contributed by atoms with E-state index in [4.69, 9.17) is 9.47 Å². The summed E-state index contributed by atoms with van der Waals surface area (Å²) in [5, 5.41) is 0. The van der Waals surface area contributed by atoms with E-state index in [0.29, 0.717) is 37.6 Å². The molecule has 0 spiro atoms. The standard InChI is InChI=1S/C16H22N2O4/c1-17(2)7-9-21-11-12-22-10-8-18-15(19)13-5-3-4-6-14(13)16(18)20/h3-6H,7-12H2,1-2H3. The Bertz CT molecular complexity index is 496. The summed E-state index contributed by atoms with van der Waals surface area (Å²) in [6, 6.07) is 6.87. The monoisotopic (exact) mass is 306 g/mol. The van der Waals surface area contributed by atoms with E-state index in [-0.39, 0.29) is 18.4 Å². The summed E-state index contributed by atoms with van der Waals surface area (Å²) in [6.45, 7) is 3.09. The van der Waals surface area contributed by atoms with Gasteiger partial charge in [0.15, 0.2) is 0 Å². The van der Waals surface area contributed by atoms with Crippen LogP contribution in [0.15, 0.2) is 24.3 Å². The van der Waals surface area contributed by atoms with E-state index in [1.54, 1.807) is 24.3 Å². The molecule has 0 atom stereocenters. The molecule has 1 aromatic carbocycles. The van der Waals surface area contributed by atoms with Crippen molar-refractivity contribution in [2.24, 2.45) is 0 Å². The van der Waals surface area contributed by atoms with Crippen molar-refractivity contribution >= 4 is 11.8 Å². The number of amides is 2. The minimum atomic E-state index is -0.244. The van der Waals surface area contributed by atoms with Crippen LogP contribution in [0.1, 0.15) is 20.7 Å². The van der Waals surface area contributed by atoms with Gasteiger partial charge in [-0.2, -0.15) is 0 Å². The minimum Gasteiger partial charge on any atom is -0.378 e. The topological polar surface area (TPSA) is 59.1 Å². The first-order valence-corrected chi connectivity index (χ1v) is 7.36. The number of likely N-dealkylation sites (N-methyl/N-ethyl adjacent to an activating group) is 1. The number of carbonyl (C=O) groups is 2. The number of ether oxygens (including phenoxy) is 2. The van der Waals surface area contributed by atoms with E-state index < -0.39 is 0 Å². The van der Waals surface area contributed by atoms with Crippen molar-refractivity contribution in [2.75, 3.05) is 53.6 Å². The highest BCUT2D eigenvalue weighted by molar-refractivity contribution is 6.21. The molecule has 120 valence electrons. The Balaban J connectivity index is 1.65. The number of hydrogen-bond donors (Lipinski definition) is 0. The lowest BCUT2D eigenvalue weighted by Crippen LogP contribution is -2.33. The van der Waals surface area contributed by atoms with Gasteiger partial charge in [0.2, 0.25) is 0 Å². The molecule has 6 nitrogen and oxygen atoms in total. The molecule has 0 aromatic heterocycles. The molecular weight excluding hydrogens is 284 g/mol. The fourth-order valence-electron chi connectivity index (χ4n) is 2.17. The third kappa shape index (κ3) is 4.13. The van der Waals surface area contributed by atoms with Crippen LogP contribution in [-0.4, -0.2) is 75.2 Å². The number of rotatable bonds is 9. The zero-order valence-corrected chi connectivity index (χ0v) is 13.1. The van der Waals surface area contributed by atoms with Crippen LogP contribution < -0.4 is 0 Å². The highest BCUT2D eigenvalue weighted by Gasteiger charge is 2.34. The van der Waals surface area contributed by atoms with Crippen molar-refractivity contribution in [3.8, 4) is 0 Å². The van der Waals surface area contributed by atoms with Crippen LogP contribution >= 0.6 is 0 Å². The van der Waals surface area contributed by atoms with Crippen molar-refractivity contribution in [2.45, 2.75) is 0 Å². The number of nitrogens with zero attached hydrogens (tertiary/aromatic N) is 2. The number of imide groups is 1. The smallest absolute Gasteiger partial charge is 0.261 e. The van der Waals surface area contributed by atoms with Crippen LogP contribution in [0.2, 0.25) is 0 Å². The molecule has 0 unspecified atom stereocenters. The van der Waals surface area contributed by atoms with Crippen molar-refractivity contribution < 1.29 is 19.1 Å². The van der Waals surface area contributed by atoms with Crippen LogP contribution in [0.4, 0.5) is 0 Å². The molecule has 1 aromatic rings. The second-order valence-electron chi connectivity index (χ2n) is 5.34. The molecule has 0 saturated heterocycles. The van der Waals surface area contributed by atoms with Crippen molar-refractivity contribution in [1.29, 1.82) is 0 Å². The van der Waals surface area contributed by atoms with Gasteiger partial charge in [-0.15, -0.1) is 0 Å². The Morgan fingerprint density at radius 1 is 0.909 bits per heavy atom. The molecule has 0 N–H and O–H groups in total. The second-order valence-corrected chi connectivity index (χ2v) is 5.34. The van der Waals surface area contributed by atoms with E-state index in [1.165, 1.54) is 4.90 Å². The van der Waals surface area contributed by atoms with Crippen LogP contribution in [-0.2, 0) is 9.47 Å². The van der Waals surface area contributed by atoms with Crippen molar-refractivity contribution in [1.82, 2.24) is 9.80 Å². The molecule has 2 amide bonds. The summed E-state index contributed by atoms with van der Waals surface area (Å²) in [5.41, 5.74) is 0.944. The summed E-state index contributed by atoms with van der Waals surface area (Å²) in [6.07, 6.45) is 0. The van der Waals surface area contributed by atoms with E-state index in [0.717, 1.165) is 6.54 Å². The molecule has 22 heavy (non-hydrogen) atoms. The van der Waals surface area contributed by atoms with Gasteiger partial charge in [0.05, 0.1) is 44.1 Å². The average Bonchev–Trinajstić information content (AvgIpc) is 2.74. The Morgan fingerprint density at radius 2 is 1.45 bits per heavy atom. The van der Waals surface area contributed by atoms with E-state index >= 15 is 0 Å².